The van der Waals surface area contributed by atoms with Crippen LogP contribution < -0.4 is 18.9 Å². The van der Waals surface area contributed by atoms with E-state index in [0.717, 1.165) is 6.42 Å². The summed E-state index contributed by atoms with van der Waals surface area (Å²) in [4.78, 5) is 0. The van der Waals surface area contributed by atoms with Crippen LogP contribution in [-0.4, -0.2) is 0 Å². The summed E-state index contributed by atoms with van der Waals surface area (Å²) in [6, 6.07) is 8.42. The normalized spacial score (nSPS) is 13.4. The number of benzene rings is 1. The molecule has 0 heterocycles. The maximum absolute atomic E-state index is 3.31. The molecule has 0 fully saturated rings. The van der Waals surface area contributed by atoms with Crippen molar-refractivity contribution in [2.75, 3.05) is 0 Å². The predicted molar refractivity (Wildman–Crippen MR) is 41.7 cm³/mol. The average Bonchev–Trinajstić information content (AvgIpc) is 2.27. The molecule has 0 saturated heterocycles. The van der Waals surface area contributed by atoms with Crippen LogP contribution >= 0.6 is 0 Å². The molecule has 2 rings (SSSR count). The molecule has 0 amide bonds. The van der Waals surface area contributed by atoms with E-state index in [-0.39, 0.29) is 18.9 Å². The quantitative estimate of drug-likeness (QED) is 0.328. The molecule has 0 saturated carbocycles. The third kappa shape index (κ3) is 1.59. The van der Waals surface area contributed by atoms with Crippen molar-refractivity contribution in [2.24, 2.45) is 0 Å². The molecule has 50 valence electrons. The van der Waals surface area contributed by atoms with Gasteiger partial charge in [0.25, 0.3) is 0 Å². The topological polar surface area (TPSA) is 0 Å². The number of hydrogen-bond donors (Lipinski definition) is 0. The number of fused-ring (bicyclic) bond motifs is 1. The Balaban J connectivity index is 0.000000605. The molecule has 0 aliphatic heterocycles. The standard InChI is InChI=1S/C10H9.Li/c1-8-6-9-4-2-3-5-10(9)7-8;/h2-5H,6H2,1H3;/q-1;+1. The molecule has 1 aliphatic carbocycles. The molecular weight excluding hydrogens is 127 g/mol. The van der Waals surface area contributed by atoms with Crippen LogP contribution in [0.15, 0.2) is 29.8 Å². The van der Waals surface area contributed by atoms with E-state index in [2.05, 4.69) is 37.3 Å². The second-order valence-electron chi connectivity index (χ2n) is 2.74. The maximum Gasteiger partial charge on any atom is 1.00 e. The molecule has 1 aromatic carbocycles. The summed E-state index contributed by atoms with van der Waals surface area (Å²) in [7, 11) is 0. The van der Waals surface area contributed by atoms with Gasteiger partial charge in [-0.3, -0.25) is 0 Å². The monoisotopic (exact) mass is 136 g/mol. The molecule has 0 atom stereocenters. The van der Waals surface area contributed by atoms with Gasteiger partial charge in [-0.15, -0.1) is 23.3 Å². The molecule has 0 unspecified atom stereocenters. The van der Waals surface area contributed by atoms with Crippen molar-refractivity contribution in [1.29, 1.82) is 0 Å². The van der Waals surface area contributed by atoms with Crippen LogP contribution in [0.4, 0.5) is 0 Å². The maximum atomic E-state index is 3.31. The van der Waals surface area contributed by atoms with Crippen LogP contribution in [0.3, 0.4) is 0 Å². The zero-order chi connectivity index (χ0) is 6.97. The van der Waals surface area contributed by atoms with Crippen LogP contribution in [0, 0.1) is 6.08 Å². The van der Waals surface area contributed by atoms with Gasteiger partial charge in [0.15, 0.2) is 0 Å². The van der Waals surface area contributed by atoms with Crippen LogP contribution in [0.5, 0.6) is 0 Å². The van der Waals surface area contributed by atoms with E-state index in [1.165, 1.54) is 16.7 Å². The van der Waals surface area contributed by atoms with Gasteiger partial charge in [-0.1, -0.05) is 19.4 Å². The summed E-state index contributed by atoms with van der Waals surface area (Å²) in [6.45, 7) is 2.12. The van der Waals surface area contributed by atoms with E-state index in [1.54, 1.807) is 0 Å². The van der Waals surface area contributed by atoms with Gasteiger partial charge in [0, 0.05) is 0 Å². The summed E-state index contributed by atoms with van der Waals surface area (Å²) in [5.41, 5.74) is 4.04. The van der Waals surface area contributed by atoms with Gasteiger partial charge in [0.2, 0.25) is 0 Å². The zero-order valence-corrected chi connectivity index (χ0v) is 7.02. The van der Waals surface area contributed by atoms with Crippen molar-refractivity contribution < 1.29 is 18.9 Å². The fourth-order valence-electron chi connectivity index (χ4n) is 1.36. The summed E-state index contributed by atoms with van der Waals surface area (Å²) in [6.07, 6.45) is 4.41. The van der Waals surface area contributed by atoms with E-state index in [4.69, 9.17) is 0 Å². The fourth-order valence-corrected chi connectivity index (χ4v) is 1.36. The van der Waals surface area contributed by atoms with Gasteiger partial charge in [-0.05, 0) is 0 Å². The van der Waals surface area contributed by atoms with Crippen molar-refractivity contribution in [1.82, 2.24) is 0 Å². The van der Waals surface area contributed by atoms with E-state index in [0.29, 0.717) is 0 Å². The summed E-state index contributed by atoms with van der Waals surface area (Å²) in [5.74, 6) is 0. The first-order chi connectivity index (χ1) is 4.86. The Hall–Kier alpha value is -0.443. The van der Waals surface area contributed by atoms with Gasteiger partial charge in [-0.25, -0.2) is 0 Å². The first-order valence-electron chi connectivity index (χ1n) is 3.53. The molecule has 0 aromatic heterocycles. The predicted octanol–water partition coefficient (Wildman–Crippen LogP) is -0.656. The second kappa shape index (κ2) is 3.30. The Morgan fingerprint density at radius 2 is 2.00 bits per heavy atom. The third-order valence-electron chi connectivity index (χ3n) is 1.82. The Kier molecular flexibility index (Phi) is 2.60. The van der Waals surface area contributed by atoms with Crippen molar-refractivity contribution in [3.05, 3.63) is 47.0 Å². The zero-order valence-electron chi connectivity index (χ0n) is 7.02. The minimum absolute atomic E-state index is 0. The van der Waals surface area contributed by atoms with Crippen molar-refractivity contribution in [3.8, 4) is 0 Å². The Morgan fingerprint density at radius 1 is 1.27 bits per heavy atom. The Bertz CT molecular complexity index is 287. The molecule has 1 aromatic rings. The number of allylic oxidation sites excluding steroid dienone is 1. The van der Waals surface area contributed by atoms with Crippen LogP contribution in [0.2, 0.25) is 0 Å². The third-order valence-corrected chi connectivity index (χ3v) is 1.82. The minimum Gasteiger partial charge on any atom is -0.189 e. The fraction of sp³-hybridized carbons (Fsp3) is 0.200. The smallest absolute Gasteiger partial charge is 0.189 e. The van der Waals surface area contributed by atoms with Gasteiger partial charge < -0.3 is 0 Å². The molecule has 1 heteroatoms. The number of rotatable bonds is 0. The first kappa shape index (κ1) is 8.65. The molecular formula is C10H9Li. The molecule has 0 N–H and O–H groups in total. The van der Waals surface area contributed by atoms with Crippen LogP contribution in [-0.2, 0) is 6.42 Å². The largest absolute Gasteiger partial charge is 1.00 e. The Labute approximate surface area is 79.5 Å². The van der Waals surface area contributed by atoms with E-state index >= 15 is 0 Å². The van der Waals surface area contributed by atoms with Crippen LogP contribution in [0.25, 0.3) is 0 Å². The molecule has 0 radical (unpaired) electrons. The van der Waals surface area contributed by atoms with Gasteiger partial charge in [0.1, 0.15) is 0 Å². The van der Waals surface area contributed by atoms with E-state index in [1.807, 2.05) is 0 Å². The average molecular weight is 136 g/mol. The van der Waals surface area contributed by atoms with Gasteiger partial charge in [-0.2, -0.15) is 17.7 Å². The van der Waals surface area contributed by atoms with Gasteiger partial charge in [0.05, 0.1) is 0 Å². The Morgan fingerprint density at radius 3 is 2.73 bits per heavy atom. The van der Waals surface area contributed by atoms with Crippen molar-refractivity contribution in [3.63, 3.8) is 0 Å². The van der Waals surface area contributed by atoms with Crippen molar-refractivity contribution in [2.45, 2.75) is 13.3 Å². The first-order valence-corrected chi connectivity index (χ1v) is 3.53. The molecule has 0 spiro atoms. The molecule has 0 bridgehead atoms. The van der Waals surface area contributed by atoms with E-state index < -0.39 is 0 Å². The second-order valence-corrected chi connectivity index (χ2v) is 2.74. The molecule has 0 nitrogen and oxygen atoms in total. The van der Waals surface area contributed by atoms with Crippen molar-refractivity contribution >= 4 is 0 Å². The minimum atomic E-state index is 0. The summed E-state index contributed by atoms with van der Waals surface area (Å²) in [5, 5.41) is 0. The molecule has 1 aliphatic rings. The summed E-state index contributed by atoms with van der Waals surface area (Å²) < 4.78 is 0. The summed E-state index contributed by atoms with van der Waals surface area (Å²) >= 11 is 0. The van der Waals surface area contributed by atoms with Gasteiger partial charge >= 0.3 is 18.9 Å². The van der Waals surface area contributed by atoms with E-state index in [9.17, 15) is 0 Å². The van der Waals surface area contributed by atoms with Crippen LogP contribution in [0.1, 0.15) is 18.1 Å². The number of hydrogen-bond acceptors (Lipinski definition) is 0. The molecule has 11 heavy (non-hydrogen) atoms. The SMILES string of the molecule is CC1=[C-]c2ccccc2C1.[Li+].